The smallest absolute Gasteiger partial charge is 0.389 e. The Morgan fingerprint density at radius 1 is 1.06 bits per heavy atom. The fraction of sp³-hybridized carbons (Fsp3) is 0.375. The van der Waals surface area contributed by atoms with Crippen molar-refractivity contribution in [1.82, 2.24) is 0 Å². The minimum atomic E-state index is -4.30. The summed E-state index contributed by atoms with van der Waals surface area (Å²) >= 11 is 1.31. The summed E-state index contributed by atoms with van der Waals surface area (Å²) in [7, 11) is -2.89. The van der Waals surface area contributed by atoms with Crippen LogP contribution in [0.2, 0.25) is 0 Å². The predicted octanol–water partition coefficient (Wildman–Crippen LogP) is 6.74. The highest BCUT2D eigenvalue weighted by Gasteiger charge is 2.31. The van der Waals surface area contributed by atoms with Crippen molar-refractivity contribution in [2.24, 2.45) is 0 Å². The highest BCUT2D eigenvalue weighted by Crippen LogP contribution is 2.44. The van der Waals surface area contributed by atoms with Crippen LogP contribution in [0.1, 0.15) is 54.9 Å². The van der Waals surface area contributed by atoms with Crippen molar-refractivity contribution >= 4 is 42.4 Å². The second kappa shape index (κ2) is 10.4. The van der Waals surface area contributed by atoms with Gasteiger partial charge < -0.3 is 4.74 Å². The van der Waals surface area contributed by atoms with E-state index in [0.29, 0.717) is 5.00 Å². The molecule has 0 saturated carbocycles. The Morgan fingerprint density at radius 3 is 2.29 bits per heavy atom. The Bertz CT molecular complexity index is 1250. The zero-order valence-electron chi connectivity index (χ0n) is 19.1. The number of esters is 1. The molecule has 2 aromatic carbocycles. The maximum absolute atomic E-state index is 13.7. The van der Waals surface area contributed by atoms with Gasteiger partial charge in [0.2, 0.25) is 0 Å². The van der Waals surface area contributed by atoms with Gasteiger partial charge >= 0.3 is 12.1 Å². The molecule has 10 heteroatoms. The molecule has 0 amide bonds. The fourth-order valence-electron chi connectivity index (χ4n) is 3.72. The largest absolute Gasteiger partial charge is 0.465 e. The molecule has 34 heavy (non-hydrogen) atoms. The first-order valence-electron chi connectivity index (χ1n) is 10.7. The van der Waals surface area contributed by atoms with Crippen LogP contribution in [0.25, 0.3) is 10.1 Å². The van der Waals surface area contributed by atoms with E-state index in [4.69, 9.17) is 0 Å². The normalized spacial score (nSPS) is 12.3. The maximum Gasteiger partial charge on any atom is 0.389 e. The zero-order valence-corrected chi connectivity index (χ0v) is 20.7. The Morgan fingerprint density at radius 2 is 1.71 bits per heavy atom. The van der Waals surface area contributed by atoms with Gasteiger partial charge in [-0.2, -0.15) is 13.2 Å². The second-order valence-corrected chi connectivity index (χ2v) is 11.0. The van der Waals surface area contributed by atoms with Crippen molar-refractivity contribution in [3.8, 4) is 0 Å². The maximum atomic E-state index is 13.7. The highest BCUT2D eigenvalue weighted by atomic mass is 32.2. The lowest BCUT2D eigenvalue weighted by Crippen LogP contribution is -2.32. The highest BCUT2D eigenvalue weighted by molar-refractivity contribution is 7.93. The monoisotopic (exact) mass is 513 g/mol. The van der Waals surface area contributed by atoms with Gasteiger partial charge in [-0.1, -0.05) is 32.0 Å². The van der Waals surface area contributed by atoms with Crippen LogP contribution in [0.15, 0.2) is 53.4 Å². The molecule has 1 heterocycles. The molecule has 0 fully saturated rings. The molecule has 0 N–H and O–H groups in total. The first-order valence-corrected chi connectivity index (χ1v) is 13.0. The van der Waals surface area contributed by atoms with Crippen LogP contribution >= 0.6 is 11.3 Å². The SMILES string of the molecule is COC(=O)c1ccc(S(=O)(=O)N(CCCCC(F)(F)F)c2sc3ccccc3c2C(C)C)cc1. The van der Waals surface area contributed by atoms with E-state index in [1.807, 2.05) is 38.1 Å². The molecular formula is C24H26F3NO4S2. The number of thiophene rings is 1. The Balaban J connectivity index is 2.06. The summed E-state index contributed by atoms with van der Waals surface area (Å²) in [5.41, 5.74) is 1.04. The van der Waals surface area contributed by atoms with Crippen molar-refractivity contribution in [1.29, 1.82) is 0 Å². The van der Waals surface area contributed by atoms with E-state index in [1.165, 1.54) is 47.0 Å². The van der Waals surface area contributed by atoms with E-state index in [0.717, 1.165) is 15.6 Å². The lowest BCUT2D eigenvalue weighted by Gasteiger charge is -2.25. The average molecular weight is 514 g/mol. The fourth-order valence-corrected chi connectivity index (χ4v) is 6.83. The van der Waals surface area contributed by atoms with Crippen molar-refractivity contribution in [3.63, 3.8) is 0 Å². The number of carbonyl (C=O) groups excluding carboxylic acids is 1. The summed E-state index contributed by atoms with van der Waals surface area (Å²) < 4.78 is 72.2. The van der Waals surface area contributed by atoms with Gasteiger partial charge in [0.1, 0.15) is 5.00 Å². The third-order valence-electron chi connectivity index (χ3n) is 5.35. The summed E-state index contributed by atoms with van der Waals surface area (Å²) in [5, 5.41) is 1.43. The first kappa shape index (κ1) is 26.0. The van der Waals surface area contributed by atoms with Crippen molar-refractivity contribution < 1.29 is 31.1 Å². The van der Waals surface area contributed by atoms with Gasteiger partial charge in [0.25, 0.3) is 10.0 Å². The van der Waals surface area contributed by atoms with Gasteiger partial charge in [0.05, 0.1) is 17.6 Å². The number of carbonyl (C=O) groups is 1. The van der Waals surface area contributed by atoms with E-state index >= 15 is 0 Å². The zero-order chi connectivity index (χ0) is 25.1. The number of hydrogen-bond acceptors (Lipinski definition) is 5. The minimum absolute atomic E-state index is 0.0132. The van der Waals surface area contributed by atoms with E-state index in [2.05, 4.69) is 4.74 Å². The Hall–Kier alpha value is -2.59. The molecular weight excluding hydrogens is 487 g/mol. The summed E-state index contributed by atoms with van der Waals surface area (Å²) in [6.45, 7) is 3.82. The number of methoxy groups -OCH3 is 1. The molecule has 0 aliphatic rings. The standard InChI is InChI=1S/C24H26F3NO4S2/c1-16(2)21-19-8-4-5-9-20(19)33-22(21)28(15-7-6-14-24(25,26)27)34(30,31)18-12-10-17(11-13-18)23(29)32-3/h4-5,8-13,16H,6-7,14-15H2,1-3H3. The van der Waals surface area contributed by atoms with Gasteiger partial charge in [-0.15, -0.1) is 11.3 Å². The number of halogens is 3. The van der Waals surface area contributed by atoms with Crippen LogP contribution in [0.3, 0.4) is 0 Å². The van der Waals surface area contributed by atoms with Gasteiger partial charge in [-0.05, 0) is 60.0 Å². The molecule has 184 valence electrons. The number of rotatable bonds is 9. The minimum Gasteiger partial charge on any atom is -0.465 e. The van der Waals surface area contributed by atoms with Crippen LogP contribution in [0.5, 0.6) is 0 Å². The van der Waals surface area contributed by atoms with E-state index in [9.17, 15) is 26.4 Å². The van der Waals surface area contributed by atoms with E-state index < -0.39 is 28.6 Å². The van der Waals surface area contributed by atoms with Crippen molar-refractivity contribution in [2.45, 2.75) is 50.1 Å². The lowest BCUT2D eigenvalue weighted by molar-refractivity contribution is -0.135. The molecule has 0 spiro atoms. The molecule has 0 aliphatic carbocycles. The third kappa shape index (κ3) is 5.72. The van der Waals surface area contributed by atoms with Crippen LogP contribution < -0.4 is 4.31 Å². The first-order chi connectivity index (χ1) is 16.0. The van der Waals surface area contributed by atoms with Crippen LogP contribution in [-0.4, -0.2) is 34.2 Å². The number of hydrogen-bond donors (Lipinski definition) is 0. The molecule has 1 aromatic heterocycles. The number of sulfonamides is 1. The molecule has 0 aliphatic heterocycles. The molecule has 5 nitrogen and oxygen atoms in total. The van der Waals surface area contributed by atoms with Crippen molar-refractivity contribution in [3.05, 3.63) is 59.7 Å². The van der Waals surface area contributed by atoms with Gasteiger partial charge in [0, 0.05) is 17.7 Å². The molecule has 0 atom stereocenters. The van der Waals surface area contributed by atoms with Crippen LogP contribution in [-0.2, 0) is 14.8 Å². The number of alkyl halides is 3. The summed E-state index contributed by atoms with van der Waals surface area (Å²) in [6, 6.07) is 12.9. The van der Waals surface area contributed by atoms with Crippen LogP contribution in [0.4, 0.5) is 18.2 Å². The number of benzene rings is 2. The third-order valence-corrected chi connectivity index (χ3v) is 8.49. The number of fused-ring (bicyclic) bond motifs is 1. The van der Waals surface area contributed by atoms with E-state index in [-0.39, 0.29) is 35.8 Å². The molecule has 0 bridgehead atoms. The predicted molar refractivity (Wildman–Crippen MR) is 128 cm³/mol. The number of nitrogens with zero attached hydrogens (tertiary/aromatic N) is 1. The summed E-state index contributed by atoms with van der Waals surface area (Å²) in [4.78, 5) is 11.7. The second-order valence-electron chi connectivity index (χ2n) is 8.14. The van der Waals surface area contributed by atoms with Crippen molar-refractivity contribution in [2.75, 3.05) is 18.0 Å². The number of ether oxygens (including phenoxy) is 1. The summed E-state index contributed by atoms with van der Waals surface area (Å²) in [5.74, 6) is -0.611. The van der Waals surface area contributed by atoms with E-state index in [1.54, 1.807) is 0 Å². The molecule has 0 unspecified atom stereocenters. The Labute approximate surface area is 201 Å². The molecule has 0 radical (unpaired) electrons. The molecule has 0 saturated heterocycles. The lowest BCUT2D eigenvalue weighted by atomic mass is 10.0. The number of anilines is 1. The molecule has 3 aromatic rings. The van der Waals surface area contributed by atoms with Gasteiger partial charge in [0.15, 0.2) is 0 Å². The Kier molecular flexibility index (Phi) is 7.92. The van der Waals surface area contributed by atoms with Crippen LogP contribution in [0, 0.1) is 0 Å². The molecule has 3 rings (SSSR count). The average Bonchev–Trinajstić information content (AvgIpc) is 3.16. The quantitative estimate of drug-likeness (QED) is 0.235. The van der Waals surface area contributed by atoms with Gasteiger partial charge in [-0.25, -0.2) is 13.2 Å². The van der Waals surface area contributed by atoms with Gasteiger partial charge in [-0.3, -0.25) is 4.31 Å². The summed E-state index contributed by atoms with van der Waals surface area (Å²) in [6.07, 6.45) is -5.41. The number of unbranched alkanes of at least 4 members (excludes halogenated alkanes) is 1. The topological polar surface area (TPSA) is 63.7 Å².